The normalized spacial score (nSPS) is 11.1. The average Bonchev–Trinajstić information content (AvgIpc) is 2.51. The molecule has 0 bridgehead atoms. The molecule has 0 fully saturated rings. The minimum atomic E-state index is 0.580. The summed E-state index contributed by atoms with van der Waals surface area (Å²) in [7, 11) is 0. The minimum Gasteiger partial charge on any atom is -0.373 e. The molecule has 0 aliphatic carbocycles. The Morgan fingerprint density at radius 3 is 1.90 bits per heavy atom. The van der Waals surface area contributed by atoms with Crippen LogP contribution < -0.4 is 0 Å². The molecule has 0 saturated heterocycles. The third-order valence-corrected chi connectivity index (χ3v) is 3.79. The third kappa shape index (κ3) is 2.10. The Hall–Kier alpha value is -2.12. The summed E-state index contributed by atoms with van der Waals surface area (Å²) in [5, 5.41) is 5.19. The SMILES string of the molecule is C=CCOCc1c2ccccc2c(C)c2ccccc12. The second-order valence-electron chi connectivity index (χ2n) is 5.00. The van der Waals surface area contributed by atoms with Gasteiger partial charge in [0.15, 0.2) is 0 Å². The lowest BCUT2D eigenvalue weighted by Crippen LogP contribution is -1.97. The maximum atomic E-state index is 5.71. The van der Waals surface area contributed by atoms with E-state index in [0.29, 0.717) is 13.2 Å². The van der Waals surface area contributed by atoms with Crippen LogP contribution in [0.5, 0.6) is 0 Å². The Labute approximate surface area is 119 Å². The number of hydrogen-bond donors (Lipinski definition) is 0. The first-order chi connectivity index (χ1) is 9.83. The number of ether oxygens (including phenoxy) is 1. The first-order valence-corrected chi connectivity index (χ1v) is 6.90. The van der Waals surface area contributed by atoms with Crippen molar-refractivity contribution in [3.05, 3.63) is 72.3 Å². The first kappa shape index (κ1) is 12.9. The molecular weight excluding hydrogens is 244 g/mol. The summed E-state index contributed by atoms with van der Waals surface area (Å²) in [5.41, 5.74) is 2.60. The van der Waals surface area contributed by atoms with Crippen LogP contribution in [0.25, 0.3) is 21.5 Å². The highest BCUT2D eigenvalue weighted by atomic mass is 16.5. The molecule has 0 radical (unpaired) electrons. The molecule has 0 heterocycles. The van der Waals surface area contributed by atoms with Gasteiger partial charge in [0.25, 0.3) is 0 Å². The lowest BCUT2D eigenvalue weighted by molar-refractivity contribution is 0.151. The summed E-state index contributed by atoms with van der Waals surface area (Å²) < 4.78 is 5.71. The van der Waals surface area contributed by atoms with Gasteiger partial charge in [0, 0.05) is 0 Å². The smallest absolute Gasteiger partial charge is 0.0733 e. The van der Waals surface area contributed by atoms with Crippen molar-refractivity contribution in [2.75, 3.05) is 6.61 Å². The van der Waals surface area contributed by atoms with Crippen molar-refractivity contribution in [3.63, 3.8) is 0 Å². The number of fused-ring (bicyclic) bond motifs is 2. The molecule has 3 aromatic carbocycles. The van der Waals surface area contributed by atoms with Gasteiger partial charge in [-0.05, 0) is 39.6 Å². The van der Waals surface area contributed by atoms with Crippen molar-refractivity contribution in [3.8, 4) is 0 Å². The van der Waals surface area contributed by atoms with Crippen LogP contribution in [0.4, 0.5) is 0 Å². The Morgan fingerprint density at radius 1 is 0.900 bits per heavy atom. The Bertz CT molecular complexity index is 714. The highest BCUT2D eigenvalue weighted by Crippen LogP contribution is 2.32. The number of benzene rings is 3. The van der Waals surface area contributed by atoms with Gasteiger partial charge in [-0.15, -0.1) is 6.58 Å². The minimum absolute atomic E-state index is 0.580. The van der Waals surface area contributed by atoms with Crippen molar-refractivity contribution in [2.24, 2.45) is 0 Å². The van der Waals surface area contributed by atoms with Crippen LogP contribution >= 0.6 is 0 Å². The van der Waals surface area contributed by atoms with Crippen molar-refractivity contribution >= 4 is 21.5 Å². The van der Waals surface area contributed by atoms with Crippen LogP contribution in [0.2, 0.25) is 0 Å². The predicted molar refractivity (Wildman–Crippen MR) is 86.0 cm³/mol. The molecule has 1 nitrogen and oxygen atoms in total. The Kier molecular flexibility index (Phi) is 3.53. The standard InChI is InChI=1S/C19H18O/c1-3-12-20-13-19-17-10-6-4-8-15(17)14(2)16-9-5-7-11-18(16)19/h3-11H,1,12-13H2,2H3. The summed E-state index contributed by atoms with van der Waals surface area (Å²) in [5.74, 6) is 0. The first-order valence-electron chi connectivity index (χ1n) is 6.90. The summed E-state index contributed by atoms with van der Waals surface area (Å²) >= 11 is 0. The van der Waals surface area contributed by atoms with Gasteiger partial charge < -0.3 is 4.74 Å². The van der Waals surface area contributed by atoms with Crippen LogP contribution in [0.3, 0.4) is 0 Å². The topological polar surface area (TPSA) is 9.23 Å². The van der Waals surface area contributed by atoms with E-state index in [1.54, 1.807) is 6.08 Å². The molecule has 0 aliphatic heterocycles. The summed E-state index contributed by atoms with van der Waals surface area (Å²) in [6.45, 7) is 7.10. The van der Waals surface area contributed by atoms with Crippen LogP contribution in [-0.4, -0.2) is 6.61 Å². The van der Waals surface area contributed by atoms with Crippen molar-refractivity contribution in [1.82, 2.24) is 0 Å². The zero-order valence-electron chi connectivity index (χ0n) is 11.7. The lowest BCUT2D eigenvalue weighted by Gasteiger charge is -2.14. The highest BCUT2D eigenvalue weighted by Gasteiger charge is 2.10. The van der Waals surface area contributed by atoms with Crippen LogP contribution in [0.15, 0.2) is 61.2 Å². The van der Waals surface area contributed by atoms with E-state index < -0.39 is 0 Å². The molecule has 0 aromatic heterocycles. The third-order valence-electron chi connectivity index (χ3n) is 3.79. The number of hydrogen-bond acceptors (Lipinski definition) is 1. The highest BCUT2D eigenvalue weighted by molar-refractivity contribution is 6.05. The molecule has 0 amide bonds. The fourth-order valence-electron chi connectivity index (χ4n) is 2.84. The fourth-order valence-corrected chi connectivity index (χ4v) is 2.84. The second kappa shape index (κ2) is 5.48. The average molecular weight is 262 g/mol. The van der Waals surface area contributed by atoms with E-state index in [1.165, 1.54) is 32.7 Å². The molecule has 0 saturated carbocycles. The second-order valence-corrected chi connectivity index (χ2v) is 5.00. The maximum Gasteiger partial charge on any atom is 0.0733 e. The van der Waals surface area contributed by atoms with E-state index in [1.807, 2.05) is 0 Å². The van der Waals surface area contributed by atoms with Crippen molar-refractivity contribution in [1.29, 1.82) is 0 Å². The lowest BCUT2D eigenvalue weighted by atomic mass is 9.93. The van der Waals surface area contributed by atoms with Gasteiger partial charge in [-0.3, -0.25) is 0 Å². The van der Waals surface area contributed by atoms with E-state index in [2.05, 4.69) is 62.0 Å². The molecule has 20 heavy (non-hydrogen) atoms. The summed E-state index contributed by atoms with van der Waals surface area (Å²) in [4.78, 5) is 0. The monoisotopic (exact) mass is 262 g/mol. The molecule has 0 unspecified atom stereocenters. The summed E-state index contributed by atoms with van der Waals surface area (Å²) in [6, 6.07) is 17.1. The molecule has 1 heteroatoms. The zero-order chi connectivity index (χ0) is 13.9. The van der Waals surface area contributed by atoms with Gasteiger partial charge in [-0.25, -0.2) is 0 Å². The van der Waals surface area contributed by atoms with Crippen LogP contribution in [0.1, 0.15) is 11.1 Å². The molecule has 0 aliphatic rings. The zero-order valence-corrected chi connectivity index (χ0v) is 11.7. The fraction of sp³-hybridized carbons (Fsp3) is 0.158. The van der Waals surface area contributed by atoms with Crippen molar-refractivity contribution in [2.45, 2.75) is 13.5 Å². The maximum absolute atomic E-state index is 5.71. The number of aryl methyl sites for hydroxylation is 1. The molecular formula is C19H18O. The largest absolute Gasteiger partial charge is 0.373 e. The predicted octanol–water partition coefficient (Wildman–Crippen LogP) is 5.00. The van der Waals surface area contributed by atoms with E-state index in [0.717, 1.165) is 0 Å². The van der Waals surface area contributed by atoms with E-state index in [4.69, 9.17) is 4.74 Å². The summed E-state index contributed by atoms with van der Waals surface area (Å²) in [6.07, 6.45) is 1.79. The van der Waals surface area contributed by atoms with E-state index in [9.17, 15) is 0 Å². The van der Waals surface area contributed by atoms with Crippen LogP contribution in [-0.2, 0) is 11.3 Å². The Balaban J connectivity index is 2.31. The molecule has 0 spiro atoms. The van der Waals surface area contributed by atoms with E-state index in [-0.39, 0.29) is 0 Å². The van der Waals surface area contributed by atoms with Crippen molar-refractivity contribution < 1.29 is 4.74 Å². The van der Waals surface area contributed by atoms with Crippen LogP contribution in [0, 0.1) is 6.92 Å². The number of rotatable bonds is 4. The molecule has 0 atom stereocenters. The van der Waals surface area contributed by atoms with E-state index >= 15 is 0 Å². The van der Waals surface area contributed by atoms with Gasteiger partial charge in [-0.1, -0.05) is 54.6 Å². The van der Waals surface area contributed by atoms with Gasteiger partial charge in [0.2, 0.25) is 0 Å². The molecule has 0 N–H and O–H groups in total. The quantitative estimate of drug-likeness (QED) is 0.365. The molecule has 100 valence electrons. The van der Waals surface area contributed by atoms with Gasteiger partial charge in [0.1, 0.15) is 0 Å². The van der Waals surface area contributed by atoms with Gasteiger partial charge in [-0.2, -0.15) is 0 Å². The van der Waals surface area contributed by atoms with Gasteiger partial charge >= 0.3 is 0 Å². The molecule has 3 aromatic rings. The molecule has 3 rings (SSSR count). The Morgan fingerprint density at radius 2 is 1.40 bits per heavy atom. The van der Waals surface area contributed by atoms with Gasteiger partial charge in [0.05, 0.1) is 13.2 Å².